The maximum atomic E-state index is 7.03. The van der Waals surface area contributed by atoms with Crippen molar-refractivity contribution in [3.8, 4) is 0 Å². The van der Waals surface area contributed by atoms with Crippen molar-refractivity contribution in [2.75, 3.05) is 0 Å². The van der Waals surface area contributed by atoms with Gasteiger partial charge in [0.25, 0.3) is 0 Å². The Balaban J connectivity index is 2.39. The Morgan fingerprint density at radius 3 is 1.81 bits per heavy atom. The van der Waals surface area contributed by atoms with Crippen LogP contribution in [0, 0.1) is 0 Å². The van der Waals surface area contributed by atoms with E-state index in [0.717, 1.165) is 19.3 Å². The van der Waals surface area contributed by atoms with E-state index < -0.39 is 18.3 Å². The number of halogens is 2. The fourth-order valence-electron chi connectivity index (χ4n) is 4.49. The number of hydrogen-bond donors (Lipinski definition) is 0. The molecule has 2 aliphatic rings. The molecular weight excluding hydrogens is 319 g/mol. The van der Waals surface area contributed by atoms with Gasteiger partial charge in [-0.05, 0) is 41.5 Å². The van der Waals surface area contributed by atoms with Crippen LogP contribution in [0.4, 0.5) is 0 Å². The summed E-state index contributed by atoms with van der Waals surface area (Å²) in [5.41, 5.74) is 2.65. The van der Waals surface area contributed by atoms with E-state index in [2.05, 4.69) is 47.6 Å². The summed E-state index contributed by atoms with van der Waals surface area (Å²) in [5, 5.41) is 0. The van der Waals surface area contributed by atoms with Gasteiger partial charge in [0.1, 0.15) is 5.60 Å². The molecule has 1 fully saturated rings. The Morgan fingerprint density at radius 1 is 1.05 bits per heavy atom. The fraction of sp³-hybridized carbons (Fsp3) is 0.882. The summed E-state index contributed by atoms with van der Waals surface area (Å²) in [6, 6.07) is 0. The average Bonchev–Trinajstić information content (AvgIpc) is 2.77. The second kappa shape index (κ2) is 5.85. The van der Waals surface area contributed by atoms with Gasteiger partial charge in [0.05, 0.1) is 0 Å². The number of alkyl halides is 2. The summed E-state index contributed by atoms with van der Waals surface area (Å²) >= 11 is 13.2. The van der Waals surface area contributed by atoms with Crippen molar-refractivity contribution in [1.82, 2.24) is 0 Å². The van der Waals surface area contributed by atoms with Crippen LogP contribution in [-0.4, -0.2) is 18.3 Å². The van der Waals surface area contributed by atoms with Gasteiger partial charge >= 0.3 is 0 Å². The molecule has 0 amide bonds. The van der Waals surface area contributed by atoms with E-state index in [-0.39, 0.29) is 0 Å². The first-order valence-electron chi connectivity index (χ1n) is 8.37. The lowest BCUT2D eigenvalue weighted by atomic mass is 10.1. The lowest BCUT2D eigenvalue weighted by Gasteiger charge is -2.45. The van der Waals surface area contributed by atoms with E-state index in [4.69, 9.17) is 27.6 Å². The van der Waals surface area contributed by atoms with E-state index in [0.29, 0.717) is 16.6 Å². The summed E-state index contributed by atoms with van der Waals surface area (Å²) in [6.45, 7) is 13.9. The van der Waals surface area contributed by atoms with Gasteiger partial charge in [0.2, 0.25) is 8.32 Å². The molecule has 4 heteroatoms. The van der Waals surface area contributed by atoms with Crippen molar-refractivity contribution < 1.29 is 4.43 Å². The highest BCUT2D eigenvalue weighted by molar-refractivity contribution is 6.78. The quantitative estimate of drug-likeness (QED) is 0.298. The normalized spacial score (nSPS) is 28.6. The molecule has 0 aromatic rings. The highest BCUT2D eigenvalue weighted by Crippen LogP contribution is 2.67. The summed E-state index contributed by atoms with van der Waals surface area (Å²) in [6.07, 6.45) is 6.54. The minimum Gasteiger partial charge on any atom is -0.404 e. The van der Waals surface area contributed by atoms with Gasteiger partial charge in [-0.3, -0.25) is 0 Å². The van der Waals surface area contributed by atoms with Crippen molar-refractivity contribution in [3.63, 3.8) is 0 Å². The van der Waals surface area contributed by atoms with Crippen LogP contribution in [0.25, 0.3) is 0 Å². The monoisotopic (exact) mass is 348 g/mol. The van der Waals surface area contributed by atoms with E-state index >= 15 is 0 Å². The molecule has 122 valence electrons. The second-order valence-electron chi connectivity index (χ2n) is 7.75. The highest BCUT2D eigenvalue weighted by atomic mass is 35.5. The zero-order valence-electron chi connectivity index (χ0n) is 14.3. The summed E-state index contributed by atoms with van der Waals surface area (Å²) in [5.74, 6) is 0. The molecule has 2 rings (SSSR count). The first-order valence-corrected chi connectivity index (χ1v) is 11.3. The molecule has 0 radical (unpaired) electrons. The van der Waals surface area contributed by atoms with Crippen LogP contribution in [0.2, 0.25) is 16.6 Å². The number of hydrogen-bond acceptors (Lipinski definition) is 1. The van der Waals surface area contributed by atoms with Gasteiger partial charge < -0.3 is 4.43 Å². The van der Waals surface area contributed by atoms with Crippen LogP contribution in [0.15, 0.2) is 11.6 Å². The van der Waals surface area contributed by atoms with Crippen molar-refractivity contribution in [2.24, 2.45) is 0 Å². The van der Waals surface area contributed by atoms with Gasteiger partial charge in [-0.15, -0.1) is 0 Å². The zero-order chi connectivity index (χ0) is 16.1. The van der Waals surface area contributed by atoms with E-state index in [1.807, 2.05) is 0 Å². The SMILES string of the molecule is CC(C)[Si](OC1(C2=CCCC2)CC1(Cl)Cl)(C(C)C)C(C)C. The molecule has 2 aliphatic carbocycles. The molecular formula is C17H30Cl2OSi. The van der Waals surface area contributed by atoms with Crippen molar-refractivity contribution in [3.05, 3.63) is 11.6 Å². The van der Waals surface area contributed by atoms with Crippen molar-refractivity contribution in [1.29, 1.82) is 0 Å². The number of allylic oxidation sites excluding steroid dienone is 1. The molecule has 0 aromatic heterocycles. The Labute approximate surface area is 141 Å². The van der Waals surface area contributed by atoms with Crippen LogP contribution in [0.5, 0.6) is 0 Å². The van der Waals surface area contributed by atoms with Crippen LogP contribution < -0.4 is 0 Å². The lowest BCUT2D eigenvalue weighted by molar-refractivity contribution is 0.180. The Bertz CT molecular complexity index is 407. The van der Waals surface area contributed by atoms with Crippen LogP contribution in [-0.2, 0) is 4.43 Å². The minimum atomic E-state index is -1.97. The molecule has 0 bridgehead atoms. The van der Waals surface area contributed by atoms with Gasteiger partial charge in [-0.1, -0.05) is 70.8 Å². The van der Waals surface area contributed by atoms with Crippen molar-refractivity contribution >= 4 is 31.5 Å². The van der Waals surface area contributed by atoms with Crippen LogP contribution >= 0.6 is 23.2 Å². The largest absolute Gasteiger partial charge is 0.404 e. The molecule has 1 saturated carbocycles. The summed E-state index contributed by atoms with van der Waals surface area (Å²) in [7, 11) is -1.97. The Hall–Kier alpha value is 0.497. The Kier molecular flexibility index (Phi) is 4.97. The minimum absolute atomic E-state index is 0.391. The maximum absolute atomic E-state index is 7.03. The van der Waals surface area contributed by atoms with Gasteiger partial charge in [0.15, 0.2) is 4.33 Å². The highest BCUT2D eigenvalue weighted by Gasteiger charge is 2.72. The second-order valence-corrected chi connectivity index (χ2v) is 14.6. The van der Waals surface area contributed by atoms with E-state index in [9.17, 15) is 0 Å². The van der Waals surface area contributed by atoms with E-state index in [1.165, 1.54) is 12.0 Å². The van der Waals surface area contributed by atoms with Gasteiger partial charge in [-0.25, -0.2) is 0 Å². The average molecular weight is 349 g/mol. The smallest absolute Gasteiger partial charge is 0.201 e. The molecule has 0 aliphatic heterocycles. The van der Waals surface area contributed by atoms with Gasteiger partial charge in [0, 0.05) is 6.42 Å². The fourth-order valence-corrected chi connectivity index (χ4v) is 11.0. The van der Waals surface area contributed by atoms with Crippen LogP contribution in [0.3, 0.4) is 0 Å². The van der Waals surface area contributed by atoms with Gasteiger partial charge in [-0.2, -0.15) is 0 Å². The molecule has 1 unspecified atom stereocenters. The maximum Gasteiger partial charge on any atom is 0.201 e. The predicted octanol–water partition coefficient (Wildman–Crippen LogP) is 6.61. The molecule has 0 aromatic carbocycles. The van der Waals surface area contributed by atoms with E-state index in [1.54, 1.807) is 0 Å². The summed E-state index contributed by atoms with van der Waals surface area (Å²) in [4.78, 5) is 0. The standard InChI is InChI=1S/C17H30Cl2OSi/c1-12(2)21(13(3)4,14(5)6)20-16(11-17(16,18)19)15-9-7-8-10-15/h9,12-14H,7-8,10-11H2,1-6H3. The first-order chi connectivity index (χ1) is 9.60. The molecule has 0 heterocycles. The van der Waals surface area contributed by atoms with Crippen LogP contribution in [0.1, 0.15) is 67.2 Å². The molecule has 21 heavy (non-hydrogen) atoms. The topological polar surface area (TPSA) is 9.23 Å². The third-order valence-electron chi connectivity index (χ3n) is 5.55. The number of rotatable bonds is 6. The molecule has 0 N–H and O–H groups in total. The predicted molar refractivity (Wildman–Crippen MR) is 95.9 cm³/mol. The third kappa shape index (κ3) is 2.75. The van der Waals surface area contributed by atoms with Crippen molar-refractivity contribution in [2.45, 2.75) is 93.8 Å². The Morgan fingerprint density at radius 2 is 1.52 bits per heavy atom. The lowest BCUT2D eigenvalue weighted by Crippen LogP contribution is -2.52. The molecule has 0 saturated heterocycles. The molecule has 0 spiro atoms. The zero-order valence-corrected chi connectivity index (χ0v) is 16.8. The summed E-state index contributed by atoms with van der Waals surface area (Å²) < 4.78 is 6.30. The third-order valence-corrected chi connectivity index (χ3v) is 12.5. The first kappa shape index (κ1) is 17.8. The molecule has 1 atom stereocenters. The molecule has 1 nitrogen and oxygen atoms in total.